The van der Waals surface area contributed by atoms with Gasteiger partial charge in [-0.3, -0.25) is 4.68 Å². The number of hydrogen-bond acceptors (Lipinski definition) is 5. The molecule has 3 N–H and O–H groups in total. The Hall–Kier alpha value is -1.93. The molecule has 0 spiro atoms. The molecule has 0 fully saturated rings. The molecule has 2 rings (SSSR count). The number of carbonyl (C=O) groups excluding carboxylic acids is 1. The summed E-state index contributed by atoms with van der Waals surface area (Å²) < 4.78 is 1.62. The average Bonchev–Trinajstić information content (AvgIpc) is 3.10. The van der Waals surface area contributed by atoms with Crippen molar-refractivity contribution in [2.45, 2.75) is 32.3 Å². The van der Waals surface area contributed by atoms with Crippen LogP contribution in [-0.2, 0) is 19.1 Å². The highest BCUT2D eigenvalue weighted by Crippen LogP contribution is 2.18. The van der Waals surface area contributed by atoms with Gasteiger partial charge in [-0.05, 0) is 20.3 Å². The molecule has 2 amide bonds. The molecule has 0 radical (unpaired) electrons. The number of thiazole rings is 1. The second-order valence-electron chi connectivity index (χ2n) is 5.77. The Bertz CT molecular complexity index is 650. The summed E-state index contributed by atoms with van der Waals surface area (Å²) >= 11 is 1.64. The molecule has 2 aromatic heterocycles. The fraction of sp³-hybridized carbons (Fsp3) is 0.533. The minimum absolute atomic E-state index is 0.121. The summed E-state index contributed by atoms with van der Waals surface area (Å²) in [6.45, 7) is 4.31. The minimum Gasteiger partial charge on any atom is -0.383 e. The SMILES string of the molecule is Cc1csc(CCCNC(=O)NC[C@@](C)(O)c2cnn(C)c2)n1. The van der Waals surface area contributed by atoms with Crippen LogP contribution in [0, 0.1) is 6.92 Å². The van der Waals surface area contributed by atoms with Crippen LogP contribution < -0.4 is 10.6 Å². The predicted molar refractivity (Wildman–Crippen MR) is 89.4 cm³/mol. The molecule has 0 aliphatic rings. The zero-order valence-electron chi connectivity index (χ0n) is 13.7. The van der Waals surface area contributed by atoms with Gasteiger partial charge in [0.15, 0.2) is 0 Å². The third kappa shape index (κ3) is 5.33. The number of amides is 2. The molecule has 2 aromatic rings. The Balaban J connectivity index is 1.66. The van der Waals surface area contributed by atoms with E-state index in [2.05, 4.69) is 20.7 Å². The van der Waals surface area contributed by atoms with Crippen molar-refractivity contribution in [1.29, 1.82) is 0 Å². The molecule has 8 heteroatoms. The number of aryl methyl sites for hydroxylation is 3. The summed E-state index contributed by atoms with van der Waals surface area (Å²) in [6, 6.07) is -0.288. The summed E-state index contributed by atoms with van der Waals surface area (Å²) in [6.07, 6.45) is 5.01. The maximum Gasteiger partial charge on any atom is 0.314 e. The van der Waals surface area contributed by atoms with Gasteiger partial charge in [-0.1, -0.05) is 0 Å². The van der Waals surface area contributed by atoms with E-state index in [1.165, 1.54) is 0 Å². The van der Waals surface area contributed by atoms with Crippen molar-refractivity contribution >= 4 is 17.4 Å². The topological polar surface area (TPSA) is 92.1 Å². The average molecular weight is 337 g/mol. The lowest BCUT2D eigenvalue weighted by molar-refractivity contribution is 0.0593. The lowest BCUT2D eigenvalue weighted by atomic mass is 10.00. The van der Waals surface area contributed by atoms with E-state index in [9.17, 15) is 9.90 Å². The Labute approximate surface area is 139 Å². The second-order valence-corrected chi connectivity index (χ2v) is 6.71. The highest BCUT2D eigenvalue weighted by molar-refractivity contribution is 7.09. The first-order valence-corrected chi connectivity index (χ1v) is 8.39. The number of urea groups is 1. The van der Waals surface area contributed by atoms with E-state index in [-0.39, 0.29) is 12.6 Å². The van der Waals surface area contributed by atoms with E-state index < -0.39 is 5.60 Å². The van der Waals surface area contributed by atoms with Crippen LogP contribution in [0.15, 0.2) is 17.8 Å². The van der Waals surface area contributed by atoms with Crippen molar-refractivity contribution in [2.24, 2.45) is 7.05 Å². The second kappa shape index (κ2) is 7.56. The fourth-order valence-electron chi connectivity index (χ4n) is 2.08. The summed E-state index contributed by atoms with van der Waals surface area (Å²) in [4.78, 5) is 16.2. The molecule has 2 heterocycles. The maximum atomic E-state index is 11.8. The van der Waals surface area contributed by atoms with Crippen LogP contribution in [0.3, 0.4) is 0 Å². The number of carbonyl (C=O) groups is 1. The van der Waals surface area contributed by atoms with Crippen LogP contribution in [0.4, 0.5) is 4.79 Å². The van der Waals surface area contributed by atoms with Crippen molar-refractivity contribution in [3.05, 3.63) is 34.0 Å². The van der Waals surface area contributed by atoms with E-state index in [1.807, 2.05) is 12.3 Å². The van der Waals surface area contributed by atoms with Crippen molar-refractivity contribution in [3.8, 4) is 0 Å². The van der Waals surface area contributed by atoms with Crippen LogP contribution in [0.5, 0.6) is 0 Å². The molecule has 23 heavy (non-hydrogen) atoms. The molecule has 0 aliphatic carbocycles. The van der Waals surface area contributed by atoms with Gasteiger partial charge in [-0.2, -0.15) is 5.10 Å². The molecule has 0 saturated heterocycles. The Morgan fingerprint density at radius 2 is 2.26 bits per heavy atom. The van der Waals surface area contributed by atoms with E-state index >= 15 is 0 Å². The summed E-state index contributed by atoms with van der Waals surface area (Å²) in [5.74, 6) is 0. The third-order valence-electron chi connectivity index (χ3n) is 3.44. The Morgan fingerprint density at radius 1 is 1.48 bits per heavy atom. The number of nitrogens with zero attached hydrogens (tertiary/aromatic N) is 3. The predicted octanol–water partition coefficient (Wildman–Crippen LogP) is 1.32. The Kier molecular flexibility index (Phi) is 5.73. The molecule has 0 aromatic carbocycles. The normalized spacial score (nSPS) is 13.6. The smallest absolute Gasteiger partial charge is 0.314 e. The van der Waals surface area contributed by atoms with Gasteiger partial charge in [0.05, 0.1) is 17.7 Å². The van der Waals surface area contributed by atoms with Gasteiger partial charge in [0.25, 0.3) is 0 Å². The number of aliphatic hydroxyl groups is 1. The van der Waals surface area contributed by atoms with E-state index in [0.29, 0.717) is 12.1 Å². The standard InChI is InChI=1S/C15H23N5O2S/c1-11-9-23-13(19-11)5-4-6-16-14(21)17-10-15(2,22)12-7-18-20(3)8-12/h7-9,22H,4-6,10H2,1-3H3,(H2,16,17,21)/t15-/m1/s1. The highest BCUT2D eigenvalue weighted by atomic mass is 32.1. The number of aromatic nitrogens is 3. The molecule has 1 atom stereocenters. The van der Waals surface area contributed by atoms with Crippen LogP contribution in [0.1, 0.15) is 29.6 Å². The highest BCUT2D eigenvalue weighted by Gasteiger charge is 2.25. The van der Waals surface area contributed by atoms with Crippen LogP contribution >= 0.6 is 11.3 Å². The molecule has 0 aliphatic heterocycles. The van der Waals surface area contributed by atoms with Gasteiger partial charge in [0.1, 0.15) is 5.60 Å². The summed E-state index contributed by atoms with van der Waals surface area (Å²) in [7, 11) is 1.78. The summed E-state index contributed by atoms with van der Waals surface area (Å²) in [5, 5.41) is 23.0. The first kappa shape index (κ1) is 17.4. The lowest BCUT2D eigenvalue weighted by Crippen LogP contribution is -2.43. The monoisotopic (exact) mass is 337 g/mol. The van der Waals surface area contributed by atoms with E-state index in [4.69, 9.17) is 0 Å². The van der Waals surface area contributed by atoms with Crippen molar-refractivity contribution in [3.63, 3.8) is 0 Å². The fourth-order valence-corrected chi connectivity index (χ4v) is 2.89. The lowest BCUT2D eigenvalue weighted by Gasteiger charge is -2.22. The molecule has 7 nitrogen and oxygen atoms in total. The van der Waals surface area contributed by atoms with Crippen LogP contribution in [0.25, 0.3) is 0 Å². The van der Waals surface area contributed by atoms with Crippen molar-refractivity contribution in [2.75, 3.05) is 13.1 Å². The molecule has 0 bridgehead atoms. The minimum atomic E-state index is -1.15. The van der Waals surface area contributed by atoms with E-state index in [1.54, 1.807) is 42.4 Å². The number of nitrogens with one attached hydrogen (secondary N) is 2. The molecule has 0 unspecified atom stereocenters. The first-order chi connectivity index (χ1) is 10.9. The zero-order valence-corrected chi connectivity index (χ0v) is 14.5. The van der Waals surface area contributed by atoms with Gasteiger partial charge >= 0.3 is 6.03 Å². The number of hydrogen-bond donors (Lipinski definition) is 3. The largest absolute Gasteiger partial charge is 0.383 e. The maximum absolute atomic E-state index is 11.8. The molecule has 0 saturated carbocycles. The van der Waals surface area contributed by atoms with Crippen molar-refractivity contribution < 1.29 is 9.90 Å². The number of rotatable bonds is 7. The van der Waals surface area contributed by atoms with Gasteiger partial charge in [0, 0.05) is 42.8 Å². The summed E-state index contributed by atoms with van der Waals surface area (Å²) in [5.41, 5.74) is 0.553. The Morgan fingerprint density at radius 3 is 2.87 bits per heavy atom. The van der Waals surface area contributed by atoms with E-state index in [0.717, 1.165) is 23.5 Å². The van der Waals surface area contributed by atoms with Gasteiger partial charge < -0.3 is 15.7 Å². The molecular formula is C15H23N5O2S. The van der Waals surface area contributed by atoms with Gasteiger partial charge in [0.2, 0.25) is 0 Å². The van der Waals surface area contributed by atoms with Crippen molar-refractivity contribution in [1.82, 2.24) is 25.4 Å². The first-order valence-electron chi connectivity index (χ1n) is 7.51. The third-order valence-corrected chi connectivity index (χ3v) is 4.47. The zero-order chi connectivity index (χ0) is 16.9. The van der Waals surface area contributed by atoms with Crippen LogP contribution in [-0.4, -0.2) is 39.0 Å². The quantitative estimate of drug-likeness (QED) is 0.665. The van der Waals surface area contributed by atoms with Gasteiger partial charge in [-0.25, -0.2) is 9.78 Å². The molecular weight excluding hydrogens is 314 g/mol. The van der Waals surface area contributed by atoms with Gasteiger partial charge in [-0.15, -0.1) is 11.3 Å². The van der Waals surface area contributed by atoms with Crippen LogP contribution in [0.2, 0.25) is 0 Å². The molecule has 126 valence electrons.